The quantitative estimate of drug-likeness (QED) is 0.864. The van der Waals surface area contributed by atoms with Crippen molar-refractivity contribution in [3.05, 3.63) is 29.8 Å². The van der Waals surface area contributed by atoms with Gasteiger partial charge in [0.05, 0.1) is 11.2 Å². The van der Waals surface area contributed by atoms with Gasteiger partial charge in [0.1, 0.15) is 11.8 Å². The molecule has 1 aliphatic rings. The lowest BCUT2D eigenvalue weighted by Gasteiger charge is -2.23. The van der Waals surface area contributed by atoms with E-state index in [1.807, 2.05) is 6.07 Å². The summed E-state index contributed by atoms with van der Waals surface area (Å²) < 4.78 is 5.53. The molecule has 0 saturated heterocycles. The number of para-hydroxylation sites is 1. The van der Waals surface area contributed by atoms with Crippen molar-refractivity contribution in [1.82, 2.24) is 5.32 Å². The number of amides is 1. The lowest BCUT2D eigenvalue weighted by atomic mass is 10.0. The van der Waals surface area contributed by atoms with Crippen LogP contribution in [0.5, 0.6) is 5.75 Å². The van der Waals surface area contributed by atoms with Gasteiger partial charge in [-0.3, -0.25) is 4.79 Å². The molecule has 1 unspecified atom stereocenters. The SMILES string of the molecule is CC(Oc1ccccc1C#N)C(=O)NCC1(O)CCCC1. The number of nitriles is 1. The number of carbonyl (C=O) groups is 1. The molecule has 2 rings (SSSR count). The molecule has 112 valence electrons. The number of carbonyl (C=O) groups excluding carboxylic acids is 1. The van der Waals surface area contributed by atoms with Crippen molar-refractivity contribution < 1.29 is 14.6 Å². The Bertz CT molecular complexity index is 545. The summed E-state index contributed by atoms with van der Waals surface area (Å²) >= 11 is 0. The number of ether oxygens (including phenoxy) is 1. The van der Waals surface area contributed by atoms with Crippen molar-refractivity contribution in [3.63, 3.8) is 0 Å². The number of nitrogens with zero attached hydrogens (tertiary/aromatic N) is 1. The molecular weight excluding hydrogens is 268 g/mol. The zero-order valence-corrected chi connectivity index (χ0v) is 12.1. The van der Waals surface area contributed by atoms with E-state index < -0.39 is 11.7 Å². The van der Waals surface area contributed by atoms with E-state index in [0.717, 1.165) is 25.7 Å². The molecule has 1 atom stereocenters. The maximum Gasteiger partial charge on any atom is 0.260 e. The number of benzene rings is 1. The highest BCUT2D eigenvalue weighted by molar-refractivity contribution is 5.80. The van der Waals surface area contributed by atoms with Crippen LogP contribution in [0.3, 0.4) is 0 Å². The second-order valence-corrected chi connectivity index (χ2v) is 5.52. The molecule has 0 aliphatic heterocycles. The van der Waals surface area contributed by atoms with Crippen LogP contribution >= 0.6 is 0 Å². The highest BCUT2D eigenvalue weighted by Crippen LogP contribution is 2.28. The highest BCUT2D eigenvalue weighted by Gasteiger charge is 2.32. The summed E-state index contributed by atoms with van der Waals surface area (Å²) in [5.74, 6) is 0.102. The van der Waals surface area contributed by atoms with E-state index >= 15 is 0 Å². The Kier molecular flexibility index (Phi) is 4.81. The Morgan fingerprint density at radius 1 is 1.48 bits per heavy atom. The van der Waals surface area contributed by atoms with Crippen molar-refractivity contribution in [2.75, 3.05) is 6.54 Å². The summed E-state index contributed by atoms with van der Waals surface area (Å²) in [6.45, 7) is 1.88. The lowest BCUT2D eigenvalue weighted by molar-refractivity contribution is -0.128. The number of hydrogen-bond acceptors (Lipinski definition) is 4. The van der Waals surface area contributed by atoms with Gasteiger partial charge >= 0.3 is 0 Å². The van der Waals surface area contributed by atoms with Crippen LogP contribution in [0.25, 0.3) is 0 Å². The second kappa shape index (κ2) is 6.59. The molecule has 0 aromatic heterocycles. The molecule has 0 bridgehead atoms. The summed E-state index contributed by atoms with van der Waals surface area (Å²) in [5, 5.41) is 21.9. The largest absolute Gasteiger partial charge is 0.480 e. The number of aliphatic hydroxyl groups is 1. The summed E-state index contributed by atoms with van der Waals surface area (Å²) in [7, 11) is 0. The van der Waals surface area contributed by atoms with Crippen LogP contribution in [0, 0.1) is 11.3 Å². The highest BCUT2D eigenvalue weighted by atomic mass is 16.5. The van der Waals surface area contributed by atoms with Gasteiger partial charge in [0.25, 0.3) is 5.91 Å². The van der Waals surface area contributed by atoms with Crippen LogP contribution in [-0.4, -0.2) is 29.3 Å². The molecule has 1 fully saturated rings. The van der Waals surface area contributed by atoms with Crippen LogP contribution in [-0.2, 0) is 4.79 Å². The van der Waals surface area contributed by atoms with Gasteiger partial charge in [-0.15, -0.1) is 0 Å². The first kappa shape index (κ1) is 15.3. The minimum atomic E-state index is -0.778. The smallest absolute Gasteiger partial charge is 0.260 e. The first-order valence-electron chi connectivity index (χ1n) is 7.20. The van der Waals surface area contributed by atoms with Crippen molar-refractivity contribution in [1.29, 1.82) is 5.26 Å². The van der Waals surface area contributed by atoms with Gasteiger partial charge in [0.15, 0.2) is 6.10 Å². The van der Waals surface area contributed by atoms with Gasteiger partial charge in [-0.25, -0.2) is 0 Å². The third-order valence-electron chi connectivity index (χ3n) is 3.81. The molecule has 0 spiro atoms. The van der Waals surface area contributed by atoms with Gasteiger partial charge in [0, 0.05) is 6.54 Å². The van der Waals surface area contributed by atoms with Gasteiger partial charge in [-0.1, -0.05) is 25.0 Å². The standard InChI is InChI=1S/C16H20N2O3/c1-12(21-14-7-3-2-6-13(14)10-17)15(19)18-11-16(20)8-4-5-9-16/h2-3,6-7,12,20H,4-5,8-9,11H2,1H3,(H,18,19). The van der Waals surface area contributed by atoms with Crippen LogP contribution < -0.4 is 10.1 Å². The third-order valence-corrected chi connectivity index (χ3v) is 3.81. The van der Waals surface area contributed by atoms with E-state index in [1.165, 1.54) is 0 Å². The number of hydrogen-bond donors (Lipinski definition) is 2. The molecule has 5 nitrogen and oxygen atoms in total. The monoisotopic (exact) mass is 288 g/mol. The van der Waals surface area contributed by atoms with E-state index in [4.69, 9.17) is 10.00 Å². The number of nitrogens with one attached hydrogen (secondary N) is 1. The second-order valence-electron chi connectivity index (χ2n) is 5.52. The van der Waals surface area contributed by atoms with Gasteiger partial charge in [-0.05, 0) is 31.9 Å². The maximum absolute atomic E-state index is 12.0. The zero-order valence-electron chi connectivity index (χ0n) is 12.1. The molecule has 2 N–H and O–H groups in total. The van der Waals surface area contributed by atoms with Crippen molar-refractivity contribution in [2.45, 2.75) is 44.3 Å². The Morgan fingerprint density at radius 2 is 2.14 bits per heavy atom. The molecule has 1 aromatic carbocycles. The topological polar surface area (TPSA) is 82.3 Å². The van der Waals surface area contributed by atoms with E-state index in [0.29, 0.717) is 11.3 Å². The Balaban J connectivity index is 1.89. The molecular formula is C16H20N2O3. The van der Waals surface area contributed by atoms with E-state index in [9.17, 15) is 9.90 Å². The van der Waals surface area contributed by atoms with Crippen LogP contribution in [0.4, 0.5) is 0 Å². The fraction of sp³-hybridized carbons (Fsp3) is 0.500. The minimum Gasteiger partial charge on any atom is -0.480 e. The minimum absolute atomic E-state index is 0.249. The molecule has 21 heavy (non-hydrogen) atoms. The predicted molar refractivity (Wildman–Crippen MR) is 77.7 cm³/mol. The van der Waals surface area contributed by atoms with Crippen molar-refractivity contribution >= 4 is 5.91 Å². The third kappa shape index (κ3) is 3.96. The zero-order chi connectivity index (χ0) is 15.3. The van der Waals surface area contributed by atoms with Gasteiger partial charge in [-0.2, -0.15) is 5.26 Å². The molecule has 0 radical (unpaired) electrons. The van der Waals surface area contributed by atoms with Crippen LogP contribution in [0.1, 0.15) is 38.2 Å². The van der Waals surface area contributed by atoms with E-state index in [2.05, 4.69) is 5.32 Å². The summed E-state index contributed by atoms with van der Waals surface area (Å²) in [6, 6.07) is 8.82. The van der Waals surface area contributed by atoms with Gasteiger partial charge < -0.3 is 15.2 Å². The molecule has 1 aromatic rings. The average Bonchev–Trinajstić information content (AvgIpc) is 2.92. The fourth-order valence-electron chi connectivity index (χ4n) is 2.51. The maximum atomic E-state index is 12.0. The molecule has 0 heterocycles. The average molecular weight is 288 g/mol. The Hall–Kier alpha value is -2.06. The molecule has 1 aliphatic carbocycles. The Labute approximate surface area is 124 Å². The molecule has 5 heteroatoms. The first-order valence-corrected chi connectivity index (χ1v) is 7.20. The van der Waals surface area contributed by atoms with E-state index in [-0.39, 0.29) is 12.5 Å². The number of rotatable bonds is 5. The van der Waals surface area contributed by atoms with Gasteiger partial charge in [0.2, 0.25) is 0 Å². The summed E-state index contributed by atoms with van der Waals surface area (Å²) in [6.07, 6.45) is 2.71. The Morgan fingerprint density at radius 3 is 2.81 bits per heavy atom. The summed E-state index contributed by atoms with van der Waals surface area (Å²) in [5.41, 5.74) is -0.383. The predicted octanol–water partition coefficient (Wildman–Crippen LogP) is 1.75. The lowest BCUT2D eigenvalue weighted by Crippen LogP contribution is -2.45. The van der Waals surface area contributed by atoms with Crippen LogP contribution in [0.15, 0.2) is 24.3 Å². The van der Waals surface area contributed by atoms with Crippen molar-refractivity contribution in [2.24, 2.45) is 0 Å². The normalized spacial score (nSPS) is 17.8. The first-order chi connectivity index (χ1) is 10.0. The van der Waals surface area contributed by atoms with Crippen molar-refractivity contribution in [3.8, 4) is 11.8 Å². The fourth-order valence-corrected chi connectivity index (χ4v) is 2.51. The van der Waals surface area contributed by atoms with E-state index in [1.54, 1.807) is 31.2 Å². The van der Waals surface area contributed by atoms with Crippen LogP contribution in [0.2, 0.25) is 0 Å². The molecule has 1 saturated carbocycles. The molecule has 1 amide bonds. The summed E-state index contributed by atoms with van der Waals surface area (Å²) in [4.78, 5) is 12.0.